The van der Waals surface area contributed by atoms with E-state index in [1.165, 1.54) is 11.1 Å². The highest BCUT2D eigenvalue weighted by Crippen LogP contribution is 2.44. The summed E-state index contributed by atoms with van der Waals surface area (Å²) in [6.45, 7) is 2.79. The van der Waals surface area contributed by atoms with E-state index >= 15 is 0 Å². The number of aliphatic carboxylic acids is 1. The Morgan fingerprint density at radius 3 is 2.24 bits per heavy atom. The van der Waals surface area contributed by atoms with Gasteiger partial charge in [-0.25, -0.2) is 4.79 Å². The number of likely N-dealkylation sites (tertiary alicyclic amines) is 1. The topological polar surface area (TPSA) is 95.9 Å². The lowest BCUT2D eigenvalue weighted by atomic mass is 9.98. The molecule has 1 aliphatic heterocycles. The lowest BCUT2D eigenvalue weighted by Crippen LogP contribution is -2.45. The van der Waals surface area contributed by atoms with Gasteiger partial charge in [-0.15, -0.1) is 0 Å². The summed E-state index contributed by atoms with van der Waals surface area (Å²) >= 11 is 0. The summed E-state index contributed by atoms with van der Waals surface area (Å²) in [7, 11) is 0. The minimum Gasteiger partial charge on any atom is -0.481 e. The monoisotopic (exact) mass is 462 g/mol. The van der Waals surface area contributed by atoms with Crippen molar-refractivity contribution in [2.24, 2.45) is 17.8 Å². The molecule has 2 fully saturated rings. The van der Waals surface area contributed by atoms with Crippen LogP contribution in [0.2, 0.25) is 0 Å². The van der Waals surface area contributed by atoms with Crippen molar-refractivity contribution in [3.8, 4) is 11.1 Å². The summed E-state index contributed by atoms with van der Waals surface area (Å²) in [5.41, 5.74) is 4.66. The van der Waals surface area contributed by atoms with Crippen LogP contribution in [0.3, 0.4) is 0 Å². The zero-order valence-corrected chi connectivity index (χ0v) is 19.3. The van der Waals surface area contributed by atoms with Crippen LogP contribution in [0.15, 0.2) is 48.5 Å². The highest BCUT2D eigenvalue weighted by molar-refractivity contribution is 5.83. The molecule has 178 valence electrons. The summed E-state index contributed by atoms with van der Waals surface area (Å²) in [4.78, 5) is 39.0. The second-order valence-electron chi connectivity index (χ2n) is 9.78. The van der Waals surface area contributed by atoms with E-state index in [9.17, 15) is 19.5 Å². The standard InChI is InChI=1S/C27H30N2O5/c1-16-13-29(14-22(16)26(31)32)25(30)21-11-6-12-24(21)28-27(33)34-15-23-19-9-4-2-7-17(19)18-8-3-5-10-20(18)23/h2-5,7-10,16,21-24H,6,11-15H2,1H3,(H,28,33)(H,31,32)/t16?,21-,22?,24+/m0/s1. The Morgan fingerprint density at radius 2 is 1.62 bits per heavy atom. The third-order valence-electron chi connectivity index (χ3n) is 7.72. The van der Waals surface area contributed by atoms with Crippen LogP contribution in [-0.2, 0) is 14.3 Å². The fourth-order valence-corrected chi connectivity index (χ4v) is 5.92. The largest absolute Gasteiger partial charge is 0.481 e. The van der Waals surface area contributed by atoms with E-state index in [0.717, 1.165) is 17.5 Å². The SMILES string of the molecule is CC1CN(C(=O)[C@H]2CCC[C@H]2NC(=O)OCC2c3ccccc3-c3ccccc32)CC1C(=O)O. The Morgan fingerprint density at radius 1 is 0.971 bits per heavy atom. The number of carboxylic acid groups (broad SMARTS) is 1. The molecule has 7 heteroatoms. The maximum Gasteiger partial charge on any atom is 0.407 e. The Kier molecular flexibility index (Phi) is 6.02. The minimum atomic E-state index is -0.859. The Balaban J connectivity index is 1.21. The first-order chi connectivity index (χ1) is 16.4. The average molecular weight is 463 g/mol. The van der Waals surface area contributed by atoms with E-state index in [-0.39, 0.29) is 42.9 Å². The number of nitrogens with zero attached hydrogens (tertiary/aromatic N) is 1. The zero-order chi connectivity index (χ0) is 23.8. The number of fused-ring (bicyclic) bond motifs is 3. The van der Waals surface area contributed by atoms with Crippen LogP contribution in [-0.4, -0.2) is 53.7 Å². The van der Waals surface area contributed by atoms with Crippen LogP contribution >= 0.6 is 0 Å². The predicted octanol–water partition coefficient (Wildman–Crippen LogP) is 3.87. The van der Waals surface area contributed by atoms with Gasteiger partial charge in [0, 0.05) is 25.0 Å². The number of nitrogens with one attached hydrogen (secondary N) is 1. The summed E-state index contributed by atoms with van der Waals surface area (Å²) in [6, 6.07) is 16.1. The van der Waals surface area contributed by atoms with Gasteiger partial charge in [0.2, 0.25) is 5.91 Å². The first-order valence-electron chi connectivity index (χ1n) is 12.1. The Bertz CT molecular complexity index is 1070. The number of alkyl carbamates (subject to hydrolysis) is 1. The normalized spacial score (nSPS) is 25.6. The van der Waals surface area contributed by atoms with Gasteiger partial charge in [-0.3, -0.25) is 9.59 Å². The number of carbonyl (C=O) groups is 3. The fourth-order valence-electron chi connectivity index (χ4n) is 5.92. The number of amides is 2. The number of benzene rings is 2. The second kappa shape index (κ2) is 9.12. The molecular weight excluding hydrogens is 432 g/mol. The van der Waals surface area contributed by atoms with E-state index < -0.39 is 18.0 Å². The van der Waals surface area contributed by atoms with Gasteiger partial charge in [0.25, 0.3) is 0 Å². The number of hydrogen-bond acceptors (Lipinski definition) is 4. The summed E-state index contributed by atoms with van der Waals surface area (Å²) in [5.74, 6) is -1.87. The quantitative estimate of drug-likeness (QED) is 0.703. The lowest BCUT2D eigenvalue weighted by molar-refractivity contribution is -0.142. The van der Waals surface area contributed by atoms with Crippen LogP contribution in [0.4, 0.5) is 4.79 Å². The number of carboxylic acids is 1. The molecule has 5 rings (SSSR count). The Hall–Kier alpha value is -3.35. The molecule has 0 spiro atoms. The van der Waals surface area contributed by atoms with E-state index in [4.69, 9.17) is 4.74 Å². The van der Waals surface area contributed by atoms with Crippen LogP contribution in [0, 0.1) is 17.8 Å². The molecule has 1 saturated heterocycles. The second-order valence-corrected chi connectivity index (χ2v) is 9.78. The molecule has 2 amide bonds. The molecule has 3 aliphatic rings. The highest BCUT2D eigenvalue weighted by atomic mass is 16.5. The van der Waals surface area contributed by atoms with Gasteiger partial charge in [0.15, 0.2) is 0 Å². The lowest BCUT2D eigenvalue weighted by Gasteiger charge is -2.25. The van der Waals surface area contributed by atoms with Gasteiger partial charge in [0.1, 0.15) is 6.61 Å². The molecule has 0 aromatic heterocycles. The molecule has 7 nitrogen and oxygen atoms in total. The van der Waals surface area contributed by atoms with Crippen molar-refractivity contribution in [2.75, 3.05) is 19.7 Å². The van der Waals surface area contributed by atoms with Crippen LogP contribution in [0.25, 0.3) is 11.1 Å². The van der Waals surface area contributed by atoms with E-state index in [0.29, 0.717) is 19.4 Å². The van der Waals surface area contributed by atoms with Gasteiger partial charge < -0.3 is 20.1 Å². The van der Waals surface area contributed by atoms with Crippen molar-refractivity contribution in [2.45, 2.75) is 38.1 Å². The van der Waals surface area contributed by atoms with Crippen LogP contribution in [0.1, 0.15) is 43.2 Å². The zero-order valence-electron chi connectivity index (χ0n) is 19.3. The third-order valence-corrected chi connectivity index (χ3v) is 7.72. The van der Waals surface area contributed by atoms with Gasteiger partial charge in [0.05, 0.1) is 11.8 Å². The molecule has 2 aliphatic carbocycles. The first-order valence-corrected chi connectivity index (χ1v) is 12.1. The van der Waals surface area contributed by atoms with Gasteiger partial charge in [-0.2, -0.15) is 0 Å². The maximum absolute atomic E-state index is 13.1. The van der Waals surface area contributed by atoms with E-state index in [1.807, 2.05) is 31.2 Å². The third kappa shape index (κ3) is 4.04. The van der Waals surface area contributed by atoms with Gasteiger partial charge in [-0.1, -0.05) is 61.9 Å². The molecule has 2 unspecified atom stereocenters. The van der Waals surface area contributed by atoms with Crippen molar-refractivity contribution in [1.82, 2.24) is 10.2 Å². The molecule has 34 heavy (non-hydrogen) atoms. The van der Waals surface area contributed by atoms with Crippen LogP contribution in [0.5, 0.6) is 0 Å². The highest BCUT2D eigenvalue weighted by Gasteiger charge is 2.42. The summed E-state index contributed by atoms with van der Waals surface area (Å²) in [6.07, 6.45) is 1.74. The van der Waals surface area contributed by atoms with E-state index in [1.54, 1.807) is 4.90 Å². The number of ether oxygens (including phenoxy) is 1. The van der Waals surface area contributed by atoms with Crippen molar-refractivity contribution in [3.63, 3.8) is 0 Å². The average Bonchev–Trinajstić information content (AvgIpc) is 3.53. The van der Waals surface area contributed by atoms with Crippen LogP contribution < -0.4 is 5.32 Å². The molecule has 1 heterocycles. The van der Waals surface area contributed by atoms with Crippen molar-refractivity contribution >= 4 is 18.0 Å². The van der Waals surface area contributed by atoms with Gasteiger partial charge >= 0.3 is 12.1 Å². The Labute approximate surface area is 199 Å². The molecule has 2 aromatic rings. The smallest absolute Gasteiger partial charge is 0.407 e. The van der Waals surface area contributed by atoms with E-state index in [2.05, 4.69) is 29.6 Å². The number of carbonyl (C=O) groups excluding carboxylic acids is 2. The number of hydrogen-bond donors (Lipinski definition) is 2. The molecular formula is C27H30N2O5. The molecule has 1 saturated carbocycles. The van der Waals surface area contributed by atoms with Crippen molar-refractivity contribution in [1.29, 1.82) is 0 Å². The van der Waals surface area contributed by atoms with Crippen molar-refractivity contribution in [3.05, 3.63) is 59.7 Å². The maximum atomic E-state index is 13.1. The predicted molar refractivity (Wildman–Crippen MR) is 126 cm³/mol. The van der Waals surface area contributed by atoms with Crippen molar-refractivity contribution < 1.29 is 24.2 Å². The first kappa shape index (κ1) is 22.4. The molecule has 2 aromatic carbocycles. The fraction of sp³-hybridized carbons (Fsp3) is 0.444. The molecule has 0 radical (unpaired) electrons. The van der Waals surface area contributed by atoms with Gasteiger partial charge in [-0.05, 0) is 41.0 Å². The number of rotatable bonds is 5. The molecule has 4 atom stereocenters. The minimum absolute atomic E-state index is 0.0156. The molecule has 2 N–H and O–H groups in total. The summed E-state index contributed by atoms with van der Waals surface area (Å²) in [5, 5.41) is 12.3. The summed E-state index contributed by atoms with van der Waals surface area (Å²) < 4.78 is 5.67. The molecule has 0 bridgehead atoms.